The van der Waals surface area contributed by atoms with Crippen LogP contribution in [0.3, 0.4) is 0 Å². The van der Waals surface area contributed by atoms with Gasteiger partial charge in [-0.05, 0) is 30.5 Å². The number of benzene rings is 3. The highest BCUT2D eigenvalue weighted by Gasteiger charge is 2.70. The van der Waals surface area contributed by atoms with Crippen LogP contribution in [0, 0.1) is 5.92 Å². The zero-order valence-corrected chi connectivity index (χ0v) is 25.9. The highest BCUT2D eigenvalue weighted by molar-refractivity contribution is 5.88. The summed E-state index contributed by atoms with van der Waals surface area (Å²) in [5.41, 5.74) is 3.15. The molecule has 0 saturated carbocycles. The van der Waals surface area contributed by atoms with Crippen molar-refractivity contribution >= 4 is 5.91 Å². The van der Waals surface area contributed by atoms with Crippen molar-refractivity contribution in [2.24, 2.45) is 5.92 Å². The van der Waals surface area contributed by atoms with Crippen LogP contribution in [0.2, 0.25) is 0 Å². The predicted octanol–water partition coefficient (Wildman–Crippen LogP) is 4.47. The van der Waals surface area contributed by atoms with E-state index in [0.717, 1.165) is 16.7 Å². The minimum atomic E-state index is -0.811. The molecule has 0 aromatic heterocycles. The van der Waals surface area contributed by atoms with Gasteiger partial charge in [-0.25, -0.2) is 0 Å². The van der Waals surface area contributed by atoms with Crippen molar-refractivity contribution in [1.82, 2.24) is 4.90 Å². The molecule has 45 heavy (non-hydrogen) atoms. The van der Waals surface area contributed by atoms with Crippen molar-refractivity contribution in [3.05, 3.63) is 108 Å². The van der Waals surface area contributed by atoms with E-state index in [1.54, 1.807) is 7.11 Å². The molecule has 0 aliphatic carbocycles. The number of β-lactam (4-membered cyclic amide) rings is 1. The van der Waals surface area contributed by atoms with E-state index in [9.17, 15) is 4.79 Å². The van der Waals surface area contributed by atoms with Crippen LogP contribution >= 0.6 is 0 Å². The van der Waals surface area contributed by atoms with Gasteiger partial charge in [-0.15, -0.1) is 0 Å². The van der Waals surface area contributed by atoms with Gasteiger partial charge in [-0.2, -0.15) is 0 Å². The monoisotopic (exact) mass is 615 g/mol. The van der Waals surface area contributed by atoms with Gasteiger partial charge in [0.05, 0.1) is 44.4 Å². The standard InChI is InChI=1S/C36H41NO8/c1-36(2)44-32-30(43-35(39-3)33(32)45-36)27-28-31(42-21-25-17-11-6-12-18-25)29(41-20-24-15-9-5-10-16-24)26(37(28)34(27)38)22-40-19-23-13-7-4-8-14-23/h4-18,26-33,35H,19-22H2,1-3H3/t26-,27+,28-,29+,30+,31-,32-,33-,35-/m0/s1. The minimum Gasteiger partial charge on any atom is -0.375 e. The van der Waals surface area contributed by atoms with Crippen LogP contribution in [0.5, 0.6) is 0 Å². The molecule has 0 radical (unpaired) electrons. The SMILES string of the molecule is CO[C@H]1O[C@H]([C@@H]2C(=O)N3[C@@H]2[C@H](OCc2ccccc2)[C@H](OCc2ccccc2)[C@@H]3COCc2ccccc2)[C@@H]2OC(C)(C)O[C@H]12. The fourth-order valence-corrected chi connectivity index (χ4v) is 7.26. The molecule has 7 rings (SSSR count). The van der Waals surface area contributed by atoms with E-state index in [1.165, 1.54) is 0 Å². The summed E-state index contributed by atoms with van der Waals surface area (Å²) in [6, 6.07) is 29.5. The molecule has 4 aliphatic heterocycles. The molecule has 4 heterocycles. The van der Waals surface area contributed by atoms with Crippen LogP contribution in [0.25, 0.3) is 0 Å². The molecule has 4 fully saturated rings. The second-order valence-electron chi connectivity index (χ2n) is 12.6. The Morgan fingerprint density at radius 3 is 1.82 bits per heavy atom. The largest absolute Gasteiger partial charge is 0.375 e. The highest BCUT2D eigenvalue weighted by Crippen LogP contribution is 2.50. The Morgan fingerprint density at radius 1 is 0.711 bits per heavy atom. The quantitative estimate of drug-likeness (QED) is 0.276. The fourth-order valence-electron chi connectivity index (χ4n) is 7.26. The van der Waals surface area contributed by atoms with Crippen LogP contribution < -0.4 is 0 Å². The van der Waals surface area contributed by atoms with Crippen LogP contribution in [-0.2, 0) is 57.8 Å². The number of carbonyl (C=O) groups excluding carboxylic acids is 1. The van der Waals surface area contributed by atoms with Crippen molar-refractivity contribution in [3.8, 4) is 0 Å². The second-order valence-corrected chi connectivity index (χ2v) is 12.6. The predicted molar refractivity (Wildman–Crippen MR) is 164 cm³/mol. The molecule has 3 aromatic rings. The van der Waals surface area contributed by atoms with Gasteiger partial charge in [-0.3, -0.25) is 4.79 Å². The summed E-state index contributed by atoms with van der Waals surface area (Å²) >= 11 is 0. The van der Waals surface area contributed by atoms with Crippen molar-refractivity contribution in [1.29, 1.82) is 0 Å². The summed E-state index contributed by atoms with van der Waals surface area (Å²) in [4.78, 5) is 16.1. The lowest BCUT2D eigenvalue weighted by atomic mass is 9.79. The van der Waals surface area contributed by atoms with Gasteiger partial charge in [-0.1, -0.05) is 91.0 Å². The van der Waals surface area contributed by atoms with E-state index < -0.39 is 48.5 Å². The number of fused-ring (bicyclic) bond motifs is 2. The first-order chi connectivity index (χ1) is 21.9. The summed E-state index contributed by atoms with van der Waals surface area (Å²) in [7, 11) is 1.59. The number of ether oxygens (including phenoxy) is 7. The number of hydrogen-bond donors (Lipinski definition) is 0. The third-order valence-corrected chi connectivity index (χ3v) is 9.23. The first-order valence-corrected chi connectivity index (χ1v) is 15.7. The molecule has 238 valence electrons. The third kappa shape index (κ3) is 6.06. The van der Waals surface area contributed by atoms with Gasteiger partial charge in [0.15, 0.2) is 12.1 Å². The summed E-state index contributed by atoms with van der Waals surface area (Å²) < 4.78 is 44.1. The van der Waals surface area contributed by atoms with Gasteiger partial charge in [0.25, 0.3) is 0 Å². The lowest BCUT2D eigenvalue weighted by Crippen LogP contribution is -2.68. The Morgan fingerprint density at radius 2 is 1.24 bits per heavy atom. The van der Waals surface area contributed by atoms with E-state index in [2.05, 4.69) is 0 Å². The van der Waals surface area contributed by atoms with E-state index in [1.807, 2.05) is 110 Å². The zero-order valence-electron chi connectivity index (χ0n) is 25.9. The molecule has 3 aromatic carbocycles. The van der Waals surface area contributed by atoms with E-state index >= 15 is 0 Å². The van der Waals surface area contributed by atoms with E-state index in [4.69, 9.17) is 33.2 Å². The van der Waals surface area contributed by atoms with E-state index in [0.29, 0.717) is 26.4 Å². The Labute approximate surface area is 264 Å². The van der Waals surface area contributed by atoms with Crippen molar-refractivity contribution in [3.63, 3.8) is 0 Å². The summed E-state index contributed by atoms with van der Waals surface area (Å²) in [5.74, 6) is -1.35. The molecular formula is C36H41NO8. The average molecular weight is 616 g/mol. The van der Waals surface area contributed by atoms with Gasteiger partial charge in [0.1, 0.15) is 30.5 Å². The summed E-state index contributed by atoms with van der Waals surface area (Å²) in [6.07, 6.45) is -2.94. The summed E-state index contributed by atoms with van der Waals surface area (Å²) in [5, 5.41) is 0. The molecule has 9 heteroatoms. The van der Waals surface area contributed by atoms with Gasteiger partial charge in [0, 0.05) is 7.11 Å². The maximum atomic E-state index is 14.2. The van der Waals surface area contributed by atoms with Crippen molar-refractivity contribution in [2.45, 2.75) is 88.3 Å². The normalized spacial score (nSPS) is 33.2. The van der Waals surface area contributed by atoms with Crippen molar-refractivity contribution < 1.29 is 38.0 Å². The molecule has 4 aliphatic rings. The van der Waals surface area contributed by atoms with Gasteiger partial charge >= 0.3 is 0 Å². The molecule has 9 atom stereocenters. The molecule has 0 spiro atoms. The molecule has 1 amide bonds. The zero-order chi connectivity index (χ0) is 31.0. The third-order valence-electron chi connectivity index (χ3n) is 9.23. The minimum absolute atomic E-state index is 0.0266. The number of hydrogen-bond acceptors (Lipinski definition) is 8. The Hall–Kier alpha value is -3.15. The van der Waals surface area contributed by atoms with Gasteiger partial charge < -0.3 is 38.1 Å². The fraction of sp³-hybridized carbons (Fsp3) is 0.472. The number of methoxy groups -OCH3 is 1. The highest BCUT2D eigenvalue weighted by atomic mass is 16.8. The van der Waals surface area contributed by atoms with Crippen LogP contribution in [0.4, 0.5) is 0 Å². The maximum absolute atomic E-state index is 14.2. The Kier molecular flexibility index (Phi) is 8.76. The topological polar surface area (TPSA) is 84.9 Å². The number of carbonyl (C=O) groups is 1. The molecule has 4 saturated heterocycles. The second kappa shape index (κ2) is 12.9. The first-order valence-electron chi connectivity index (χ1n) is 15.7. The van der Waals surface area contributed by atoms with Crippen LogP contribution in [0.15, 0.2) is 91.0 Å². The van der Waals surface area contributed by atoms with Crippen molar-refractivity contribution in [2.75, 3.05) is 13.7 Å². The molecule has 0 bridgehead atoms. The lowest BCUT2D eigenvalue weighted by Gasteiger charge is -2.49. The summed E-state index contributed by atoms with van der Waals surface area (Å²) in [6.45, 7) is 5.24. The molecular weight excluding hydrogens is 574 g/mol. The molecule has 0 unspecified atom stereocenters. The van der Waals surface area contributed by atoms with Crippen LogP contribution in [-0.4, -0.2) is 79.2 Å². The number of amides is 1. The Bertz CT molecular complexity index is 1420. The van der Waals surface area contributed by atoms with E-state index in [-0.39, 0.29) is 18.0 Å². The smallest absolute Gasteiger partial charge is 0.231 e. The Balaban J connectivity index is 1.18. The van der Waals surface area contributed by atoms with Crippen LogP contribution in [0.1, 0.15) is 30.5 Å². The number of nitrogens with zero attached hydrogens (tertiary/aromatic N) is 1. The lowest BCUT2D eigenvalue weighted by molar-refractivity contribution is -0.242. The molecule has 0 N–H and O–H groups in total. The average Bonchev–Trinajstić information content (AvgIpc) is 3.64. The first kappa shape index (κ1) is 30.5. The number of rotatable bonds is 12. The molecule has 9 nitrogen and oxygen atoms in total. The maximum Gasteiger partial charge on any atom is 0.231 e. The van der Waals surface area contributed by atoms with Gasteiger partial charge in [0.2, 0.25) is 5.91 Å².